The van der Waals surface area contributed by atoms with Gasteiger partial charge in [-0.3, -0.25) is 0 Å². The molecule has 0 spiro atoms. The Hall–Kier alpha value is -2.04. The third-order valence-electron chi connectivity index (χ3n) is 5.47. The van der Waals surface area contributed by atoms with Crippen molar-refractivity contribution in [1.82, 2.24) is 10.6 Å². The van der Waals surface area contributed by atoms with E-state index in [1.54, 1.807) is 0 Å². The number of rotatable bonds is 4. The van der Waals surface area contributed by atoms with Gasteiger partial charge >= 0.3 is 0 Å². The van der Waals surface area contributed by atoms with Gasteiger partial charge in [0.15, 0.2) is 0 Å². The van der Waals surface area contributed by atoms with Gasteiger partial charge in [0.2, 0.25) is 0 Å². The molecule has 4 rings (SSSR count). The summed E-state index contributed by atoms with van der Waals surface area (Å²) in [5, 5.41) is 10.6. The lowest BCUT2D eigenvalue weighted by Gasteiger charge is -2.28. The fourth-order valence-corrected chi connectivity index (χ4v) is 4.02. The molecule has 0 saturated carbocycles. The maximum Gasteiger partial charge on any atom is 0.0421 e. The number of nitrogens with two attached hydrogens (primary N) is 1. The molecule has 1 aromatic rings. The molecule has 0 bridgehead atoms. The molecule has 0 amide bonds. The van der Waals surface area contributed by atoms with Crippen molar-refractivity contribution in [3.8, 4) is 0 Å². The van der Waals surface area contributed by atoms with Crippen molar-refractivity contribution in [3.05, 3.63) is 58.8 Å². The van der Waals surface area contributed by atoms with Gasteiger partial charge in [-0.2, -0.15) is 0 Å². The fraction of sp³-hybridized carbons (Fsp3) is 0.429. The fourth-order valence-electron chi connectivity index (χ4n) is 4.02. The van der Waals surface area contributed by atoms with Crippen molar-refractivity contribution in [3.63, 3.8) is 0 Å². The number of hydrogen-bond donors (Lipinski definition) is 4. The molecule has 4 nitrogen and oxygen atoms in total. The second-order valence-electron chi connectivity index (χ2n) is 7.21. The summed E-state index contributed by atoms with van der Waals surface area (Å²) in [5.41, 5.74) is 12.5. The second-order valence-corrected chi connectivity index (χ2v) is 7.21. The van der Waals surface area contributed by atoms with Gasteiger partial charge in [0.05, 0.1) is 0 Å². The number of hydrogen-bond acceptors (Lipinski definition) is 4. The standard InChI is InChI=1S/C21H28N4/c22-13-15-2-1-3-16(10-15)18-11-17-4-7-24-14-20(17)21(12-18)25-19-5-8-23-9-6-19/h1-2,4,7,10-12,16,19,23-25H,3,5-6,8-9,13-14,22H2. The summed E-state index contributed by atoms with van der Waals surface area (Å²) in [5.74, 6) is 0.422. The van der Waals surface area contributed by atoms with Crippen LogP contribution in [0.25, 0.3) is 6.08 Å². The zero-order valence-electron chi connectivity index (χ0n) is 14.7. The van der Waals surface area contributed by atoms with Crippen LogP contribution in [0.2, 0.25) is 0 Å². The smallest absolute Gasteiger partial charge is 0.0421 e. The van der Waals surface area contributed by atoms with Crippen LogP contribution >= 0.6 is 0 Å². The molecule has 4 heteroatoms. The lowest BCUT2D eigenvalue weighted by molar-refractivity contribution is 0.478. The molecule has 2 heterocycles. The van der Waals surface area contributed by atoms with E-state index in [2.05, 4.69) is 58.6 Å². The van der Waals surface area contributed by atoms with Crippen molar-refractivity contribution in [1.29, 1.82) is 0 Å². The van der Waals surface area contributed by atoms with Crippen molar-refractivity contribution in [2.45, 2.75) is 37.8 Å². The molecule has 1 saturated heterocycles. The highest BCUT2D eigenvalue weighted by Gasteiger charge is 2.20. The minimum atomic E-state index is 0.422. The van der Waals surface area contributed by atoms with Crippen LogP contribution in [0.4, 0.5) is 5.69 Å². The predicted octanol–water partition coefficient (Wildman–Crippen LogP) is 2.85. The molecule has 1 fully saturated rings. The van der Waals surface area contributed by atoms with Crippen LogP contribution in [-0.4, -0.2) is 25.7 Å². The highest BCUT2D eigenvalue weighted by atomic mass is 15.0. The van der Waals surface area contributed by atoms with Crippen LogP contribution in [0.15, 0.2) is 42.1 Å². The van der Waals surface area contributed by atoms with Crippen LogP contribution in [0, 0.1) is 0 Å². The van der Waals surface area contributed by atoms with E-state index in [0.717, 1.165) is 26.1 Å². The van der Waals surface area contributed by atoms with E-state index in [1.807, 2.05) is 0 Å². The van der Waals surface area contributed by atoms with Gasteiger partial charge in [-0.05, 0) is 67.4 Å². The van der Waals surface area contributed by atoms with E-state index in [1.165, 1.54) is 40.8 Å². The van der Waals surface area contributed by atoms with Gasteiger partial charge in [0, 0.05) is 36.3 Å². The maximum absolute atomic E-state index is 5.85. The van der Waals surface area contributed by atoms with Gasteiger partial charge in [-0.15, -0.1) is 0 Å². The number of anilines is 1. The summed E-state index contributed by atoms with van der Waals surface area (Å²) in [6.07, 6.45) is 14.4. The zero-order valence-corrected chi connectivity index (χ0v) is 14.7. The maximum atomic E-state index is 5.85. The van der Waals surface area contributed by atoms with Crippen LogP contribution < -0.4 is 21.7 Å². The number of nitrogens with one attached hydrogen (secondary N) is 3. The molecular formula is C21H28N4. The average molecular weight is 336 g/mol. The quantitative estimate of drug-likeness (QED) is 0.683. The van der Waals surface area contributed by atoms with Crippen molar-refractivity contribution in [2.75, 3.05) is 25.0 Å². The summed E-state index contributed by atoms with van der Waals surface area (Å²) in [6, 6.07) is 5.29. The van der Waals surface area contributed by atoms with E-state index in [9.17, 15) is 0 Å². The molecule has 25 heavy (non-hydrogen) atoms. The largest absolute Gasteiger partial charge is 0.387 e. The Bertz CT molecular complexity index is 711. The van der Waals surface area contributed by atoms with Gasteiger partial charge in [0.25, 0.3) is 0 Å². The Kier molecular flexibility index (Phi) is 4.90. The monoisotopic (exact) mass is 336 g/mol. The van der Waals surface area contributed by atoms with Crippen molar-refractivity contribution >= 4 is 11.8 Å². The lowest BCUT2D eigenvalue weighted by atomic mass is 9.86. The molecule has 1 aliphatic carbocycles. The Morgan fingerprint density at radius 2 is 2.04 bits per heavy atom. The molecule has 1 atom stereocenters. The first-order chi connectivity index (χ1) is 12.3. The third kappa shape index (κ3) is 3.65. The Morgan fingerprint density at radius 1 is 1.16 bits per heavy atom. The highest BCUT2D eigenvalue weighted by molar-refractivity contribution is 5.68. The van der Waals surface area contributed by atoms with Crippen LogP contribution in [0.3, 0.4) is 0 Å². The molecule has 5 N–H and O–H groups in total. The Morgan fingerprint density at radius 3 is 2.88 bits per heavy atom. The molecule has 2 aliphatic heterocycles. The first-order valence-electron chi connectivity index (χ1n) is 9.45. The summed E-state index contributed by atoms with van der Waals surface area (Å²) in [4.78, 5) is 0. The van der Waals surface area contributed by atoms with E-state index in [0.29, 0.717) is 18.5 Å². The SMILES string of the molecule is NCC1=CC(c2cc3c(c(NC4CCNCC4)c2)CNC=C3)CC=C1. The van der Waals surface area contributed by atoms with Crippen LogP contribution in [0.1, 0.15) is 41.9 Å². The van der Waals surface area contributed by atoms with Crippen LogP contribution in [-0.2, 0) is 6.54 Å². The highest BCUT2D eigenvalue weighted by Crippen LogP contribution is 2.34. The molecule has 1 unspecified atom stereocenters. The topological polar surface area (TPSA) is 62.1 Å². The zero-order chi connectivity index (χ0) is 17.1. The molecule has 132 valence electrons. The number of benzene rings is 1. The second kappa shape index (κ2) is 7.46. The van der Waals surface area contributed by atoms with E-state index in [4.69, 9.17) is 5.73 Å². The van der Waals surface area contributed by atoms with Crippen LogP contribution in [0.5, 0.6) is 0 Å². The Labute approximate surface area is 150 Å². The molecule has 0 aromatic heterocycles. The van der Waals surface area contributed by atoms with Gasteiger partial charge in [0.1, 0.15) is 0 Å². The van der Waals surface area contributed by atoms with Gasteiger partial charge in [-0.25, -0.2) is 0 Å². The number of fused-ring (bicyclic) bond motifs is 1. The molecule has 3 aliphatic rings. The predicted molar refractivity (Wildman–Crippen MR) is 105 cm³/mol. The summed E-state index contributed by atoms with van der Waals surface area (Å²) < 4.78 is 0. The normalized spacial score (nSPS) is 22.9. The summed E-state index contributed by atoms with van der Waals surface area (Å²) in [6.45, 7) is 3.72. The average Bonchev–Trinajstić information content (AvgIpc) is 2.69. The number of allylic oxidation sites excluding steroid dienone is 2. The first kappa shape index (κ1) is 16.4. The van der Waals surface area contributed by atoms with E-state index >= 15 is 0 Å². The van der Waals surface area contributed by atoms with E-state index in [-0.39, 0.29) is 0 Å². The lowest BCUT2D eigenvalue weighted by Crippen LogP contribution is -2.35. The van der Waals surface area contributed by atoms with Crippen molar-refractivity contribution in [2.24, 2.45) is 5.73 Å². The first-order valence-corrected chi connectivity index (χ1v) is 9.45. The van der Waals surface area contributed by atoms with E-state index < -0.39 is 0 Å². The Balaban J connectivity index is 1.66. The molecule has 0 radical (unpaired) electrons. The molecular weight excluding hydrogens is 308 g/mol. The summed E-state index contributed by atoms with van der Waals surface area (Å²) >= 11 is 0. The molecule has 1 aromatic carbocycles. The van der Waals surface area contributed by atoms with Crippen molar-refractivity contribution < 1.29 is 0 Å². The summed E-state index contributed by atoms with van der Waals surface area (Å²) in [7, 11) is 0. The third-order valence-corrected chi connectivity index (χ3v) is 5.47. The number of piperidine rings is 1. The van der Waals surface area contributed by atoms with Gasteiger partial charge < -0.3 is 21.7 Å². The minimum absolute atomic E-state index is 0.422. The van der Waals surface area contributed by atoms with Gasteiger partial charge in [-0.1, -0.05) is 24.3 Å². The minimum Gasteiger partial charge on any atom is -0.387 e.